The first-order valence-electron chi connectivity index (χ1n) is 5.05. The molecule has 0 aliphatic rings. The highest BCUT2D eigenvalue weighted by Gasteiger charge is 2.02. The van der Waals surface area contributed by atoms with Crippen molar-refractivity contribution in [3.63, 3.8) is 0 Å². The van der Waals surface area contributed by atoms with Crippen molar-refractivity contribution < 1.29 is 4.58 Å². The number of nitrogens with zero attached hydrogens (tertiary/aromatic N) is 2. The van der Waals surface area contributed by atoms with Gasteiger partial charge < -0.3 is 4.90 Å². The molecule has 0 bridgehead atoms. The Morgan fingerprint density at radius 1 is 1.13 bits per heavy atom. The monoisotopic (exact) mass is 203 g/mol. The van der Waals surface area contributed by atoms with Crippen LogP contribution in [0.5, 0.6) is 0 Å². The summed E-state index contributed by atoms with van der Waals surface area (Å²) in [6.45, 7) is 0. The van der Waals surface area contributed by atoms with Crippen LogP contribution < -0.4 is 0 Å². The molecule has 0 saturated heterocycles. The molecule has 1 aromatic carbocycles. The largest absolute Gasteiger partial charge is 0.377 e. The molecule has 0 fully saturated rings. The van der Waals surface area contributed by atoms with E-state index in [1.165, 1.54) is 11.3 Å². The SMILES string of the molecule is CN(C)C(=CC=[N+](C)C)c1ccccc1. The van der Waals surface area contributed by atoms with E-state index in [0.29, 0.717) is 0 Å². The van der Waals surface area contributed by atoms with Crippen molar-refractivity contribution in [1.82, 2.24) is 4.90 Å². The second kappa shape index (κ2) is 5.35. The van der Waals surface area contributed by atoms with Gasteiger partial charge in [0.25, 0.3) is 0 Å². The summed E-state index contributed by atoms with van der Waals surface area (Å²) in [4.78, 5) is 2.12. The summed E-state index contributed by atoms with van der Waals surface area (Å²) in [5.74, 6) is 0. The van der Waals surface area contributed by atoms with Gasteiger partial charge in [-0.2, -0.15) is 0 Å². The van der Waals surface area contributed by atoms with E-state index in [9.17, 15) is 0 Å². The van der Waals surface area contributed by atoms with Gasteiger partial charge in [0.2, 0.25) is 0 Å². The summed E-state index contributed by atoms with van der Waals surface area (Å²) in [7, 11) is 8.16. The van der Waals surface area contributed by atoms with Gasteiger partial charge in [-0.1, -0.05) is 30.3 Å². The average Bonchev–Trinajstić information content (AvgIpc) is 2.18. The van der Waals surface area contributed by atoms with Crippen LogP contribution in [0, 0.1) is 0 Å². The van der Waals surface area contributed by atoms with Gasteiger partial charge in [-0.3, -0.25) is 0 Å². The number of hydrogen-bond donors (Lipinski definition) is 0. The Morgan fingerprint density at radius 3 is 2.20 bits per heavy atom. The first-order valence-corrected chi connectivity index (χ1v) is 5.05. The van der Waals surface area contributed by atoms with Gasteiger partial charge in [-0.05, 0) is 5.56 Å². The fourth-order valence-corrected chi connectivity index (χ4v) is 1.33. The Morgan fingerprint density at radius 2 is 1.73 bits per heavy atom. The zero-order valence-electron chi connectivity index (χ0n) is 9.94. The number of allylic oxidation sites excluding steroid dienone is 1. The third-order valence-electron chi connectivity index (χ3n) is 2.08. The Balaban J connectivity index is 3.04. The maximum absolute atomic E-state index is 2.12. The van der Waals surface area contributed by atoms with Gasteiger partial charge in [0.05, 0.1) is 0 Å². The quantitative estimate of drug-likeness (QED) is 0.537. The molecule has 0 aliphatic heterocycles. The predicted molar refractivity (Wildman–Crippen MR) is 66.3 cm³/mol. The van der Waals surface area contributed by atoms with Crippen LogP contribution in [0.3, 0.4) is 0 Å². The Bertz CT molecular complexity index is 357. The van der Waals surface area contributed by atoms with Crippen LogP contribution in [0.1, 0.15) is 5.56 Å². The summed E-state index contributed by atoms with van der Waals surface area (Å²) in [5.41, 5.74) is 2.45. The highest BCUT2D eigenvalue weighted by Crippen LogP contribution is 2.14. The van der Waals surface area contributed by atoms with Crippen molar-refractivity contribution in [3.05, 3.63) is 42.0 Å². The van der Waals surface area contributed by atoms with Crippen LogP contribution >= 0.6 is 0 Å². The maximum Gasteiger partial charge on any atom is 0.164 e. The van der Waals surface area contributed by atoms with Crippen molar-refractivity contribution in [1.29, 1.82) is 0 Å². The fraction of sp³-hybridized carbons (Fsp3) is 0.308. The summed E-state index contributed by atoms with van der Waals surface area (Å²) in [6, 6.07) is 10.4. The van der Waals surface area contributed by atoms with Gasteiger partial charge in [0.15, 0.2) is 6.21 Å². The molecule has 2 heteroatoms. The summed E-state index contributed by atoms with van der Waals surface area (Å²) < 4.78 is 2.03. The third-order valence-corrected chi connectivity index (χ3v) is 2.08. The molecule has 1 rings (SSSR count). The minimum Gasteiger partial charge on any atom is -0.377 e. The smallest absolute Gasteiger partial charge is 0.164 e. The minimum absolute atomic E-state index is 1.21. The lowest BCUT2D eigenvalue weighted by molar-refractivity contribution is -0.458. The molecule has 0 saturated carbocycles. The van der Waals surface area contributed by atoms with E-state index in [1.54, 1.807) is 0 Å². The van der Waals surface area contributed by atoms with Gasteiger partial charge in [-0.15, -0.1) is 0 Å². The standard InChI is InChI=1S/C13H19N2/c1-14(2)11-10-13(15(3)4)12-8-6-5-7-9-12/h5-11H,1-4H3/q+1. The van der Waals surface area contributed by atoms with Crippen molar-refractivity contribution in [3.8, 4) is 0 Å². The fourth-order valence-electron chi connectivity index (χ4n) is 1.33. The zero-order chi connectivity index (χ0) is 11.3. The lowest BCUT2D eigenvalue weighted by Crippen LogP contribution is -2.11. The molecule has 80 valence electrons. The Kier molecular flexibility index (Phi) is 4.10. The molecule has 0 atom stereocenters. The van der Waals surface area contributed by atoms with Crippen molar-refractivity contribution >= 4 is 11.9 Å². The molecule has 1 aromatic rings. The second-order valence-corrected chi connectivity index (χ2v) is 3.93. The van der Waals surface area contributed by atoms with Crippen LogP contribution in [0.2, 0.25) is 0 Å². The molecule has 0 spiro atoms. The lowest BCUT2D eigenvalue weighted by Gasteiger charge is -2.16. The van der Waals surface area contributed by atoms with Crippen LogP contribution in [0.15, 0.2) is 36.4 Å². The maximum atomic E-state index is 2.12. The van der Waals surface area contributed by atoms with E-state index in [4.69, 9.17) is 0 Å². The second-order valence-electron chi connectivity index (χ2n) is 3.93. The molecule has 0 unspecified atom stereocenters. The van der Waals surface area contributed by atoms with Gasteiger partial charge in [0.1, 0.15) is 14.1 Å². The first-order chi connectivity index (χ1) is 7.11. The van der Waals surface area contributed by atoms with E-state index in [1.807, 2.05) is 24.7 Å². The molecular weight excluding hydrogens is 184 g/mol. The van der Waals surface area contributed by atoms with Gasteiger partial charge >= 0.3 is 0 Å². The molecule has 0 heterocycles. The van der Waals surface area contributed by atoms with E-state index < -0.39 is 0 Å². The highest BCUT2D eigenvalue weighted by molar-refractivity contribution is 5.81. The molecule has 0 aromatic heterocycles. The molecule has 0 aliphatic carbocycles. The van der Waals surface area contributed by atoms with E-state index in [0.717, 1.165) is 0 Å². The average molecular weight is 203 g/mol. The zero-order valence-corrected chi connectivity index (χ0v) is 9.94. The lowest BCUT2D eigenvalue weighted by atomic mass is 10.1. The van der Waals surface area contributed by atoms with Crippen molar-refractivity contribution in [2.24, 2.45) is 0 Å². The first kappa shape index (κ1) is 11.5. The molecule has 0 radical (unpaired) electrons. The van der Waals surface area contributed by atoms with Crippen LogP contribution in [0.25, 0.3) is 5.70 Å². The molecule has 0 amide bonds. The minimum atomic E-state index is 1.21. The molecule has 2 nitrogen and oxygen atoms in total. The Labute approximate surface area is 92.2 Å². The van der Waals surface area contributed by atoms with Crippen molar-refractivity contribution in [2.45, 2.75) is 0 Å². The van der Waals surface area contributed by atoms with E-state index >= 15 is 0 Å². The third kappa shape index (κ3) is 3.58. The summed E-state index contributed by atoms with van der Waals surface area (Å²) in [5, 5.41) is 0. The normalized spacial score (nSPS) is 11.1. The topological polar surface area (TPSA) is 6.25 Å². The highest BCUT2D eigenvalue weighted by atomic mass is 15.1. The Hall–Kier alpha value is -1.57. The molecular formula is C13H19N2+. The van der Waals surface area contributed by atoms with Gasteiger partial charge in [-0.25, -0.2) is 4.58 Å². The number of hydrogen-bond acceptors (Lipinski definition) is 1. The van der Waals surface area contributed by atoms with Crippen LogP contribution in [-0.4, -0.2) is 43.9 Å². The molecule has 0 N–H and O–H groups in total. The van der Waals surface area contributed by atoms with Crippen molar-refractivity contribution in [2.75, 3.05) is 28.2 Å². The number of rotatable bonds is 3. The summed E-state index contributed by atoms with van der Waals surface area (Å²) >= 11 is 0. The van der Waals surface area contributed by atoms with E-state index in [-0.39, 0.29) is 0 Å². The number of benzene rings is 1. The van der Waals surface area contributed by atoms with E-state index in [2.05, 4.69) is 55.6 Å². The van der Waals surface area contributed by atoms with Gasteiger partial charge in [0, 0.05) is 25.9 Å². The van der Waals surface area contributed by atoms with Crippen LogP contribution in [-0.2, 0) is 0 Å². The predicted octanol–water partition coefficient (Wildman–Crippen LogP) is 1.93. The van der Waals surface area contributed by atoms with Crippen LogP contribution in [0.4, 0.5) is 0 Å². The summed E-state index contributed by atoms with van der Waals surface area (Å²) in [6.07, 6.45) is 4.18. The molecule has 15 heavy (non-hydrogen) atoms.